The molecule has 0 fully saturated rings. The maximum atomic E-state index is 12.3. The summed E-state index contributed by atoms with van der Waals surface area (Å²) in [5.74, 6) is -1.37. The number of hydrogen-bond donors (Lipinski definition) is 2. The Bertz CT molecular complexity index is 677. The number of carbonyl (C=O) groups excluding carboxylic acids is 1. The monoisotopic (exact) mass is 291 g/mol. The molecule has 1 unspecified atom stereocenters. The molecule has 2 aromatic rings. The number of carboxylic acids is 1. The van der Waals surface area contributed by atoms with Crippen LogP contribution >= 0.6 is 11.3 Å². The van der Waals surface area contributed by atoms with E-state index in [1.807, 2.05) is 25.1 Å². The standard InChI is InChI=1S/C15H17NO3S/c1-4-15(3,14(18)19)16-13(17)11-8-20-12-7-9(2)5-6-10(11)12/h5-8H,4H2,1-3H3,(H,16,17)(H,18,19). The predicted molar refractivity (Wildman–Crippen MR) is 80.4 cm³/mol. The molecule has 20 heavy (non-hydrogen) atoms. The second kappa shape index (κ2) is 5.25. The van der Waals surface area contributed by atoms with Gasteiger partial charge in [-0.1, -0.05) is 19.1 Å². The fourth-order valence-corrected chi connectivity index (χ4v) is 2.96. The molecule has 2 N–H and O–H groups in total. The van der Waals surface area contributed by atoms with Gasteiger partial charge in [-0.3, -0.25) is 4.79 Å². The number of amides is 1. The third-order valence-electron chi connectivity index (χ3n) is 3.54. The van der Waals surface area contributed by atoms with Gasteiger partial charge in [0, 0.05) is 15.5 Å². The Kier molecular flexibility index (Phi) is 3.81. The Balaban J connectivity index is 2.35. The van der Waals surface area contributed by atoms with E-state index < -0.39 is 11.5 Å². The van der Waals surface area contributed by atoms with Gasteiger partial charge in [0.25, 0.3) is 5.91 Å². The lowest BCUT2D eigenvalue weighted by Gasteiger charge is -2.24. The average Bonchev–Trinajstić information content (AvgIpc) is 2.81. The van der Waals surface area contributed by atoms with Gasteiger partial charge in [0.05, 0.1) is 5.56 Å². The third-order valence-corrected chi connectivity index (χ3v) is 4.49. The molecule has 1 amide bonds. The first-order valence-corrected chi connectivity index (χ1v) is 7.29. The largest absolute Gasteiger partial charge is 0.480 e. The number of rotatable bonds is 4. The first-order valence-electron chi connectivity index (χ1n) is 6.41. The zero-order chi connectivity index (χ0) is 14.9. The lowest BCUT2D eigenvalue weighted by atomic mass is 9.98. The highest BCUT2D eigenvalue weighted by atomic mass is 32.1. The van der Waals surface area contributed by atoms with Crippen molar-refractivity contribution in [2.24, 2.45) is 0 Å². The Morgan fingerprint density at radius 3 is 2.70 bits per heavy atom. The molecule has 0 aliphatic heterocycles. The van der Waals surface area contributed by atoms with Crippen molar-refractivity contribution in [1.82, 2.24) is 5.32 Å². The normalized spacial score (nSPS) is 13.9. The summed E-state index contributed by atoms with van der Waals surface area (Å²) in [6.07, 6.45) is 0.329. The van der Waals surface area contributed by atoms with E-state index in [1.54, 1.807) is 12.3 Å². The van der Waals surface area contributed by atoms with Gasteiger partial charge in [-0.25, -0.2) is 4.79 Å². The van der Waals surface area contributed by atoms with Crippen LogP contribution in [0, 0.1) is 6.92 Å². The Labute approximate surface area is 121 Å². The number of aryl methyl sites for hydroxylation is 1. The Hall–Kier alpha value is -1.88. The predicted octanol–water partition coefficient (Wildman–Crippen LogP) is 3.19. The van der Waals surface area contributed by atoms with Gasteiger partial charge in [0.1, 0.15) is 5.54 Å². The number of fused-ring (bicyclic) bond motifs is 1. The van der Waals surface area contributed by atoms with E-state index in [0.717, 1.165) is 15.6 Å². The van der Waals surface area contributed by atoms with Crippen LogP contribution in [0.4, 0.5) is 0 Å². The van der Waals surface area contributed by atoms with E-state index in [2.05, 4.69) is 5.32 Å². The quantitative estimate of drug-likeness (QED) is 0.909. The summed E-state index contributed by atoms with van der Waals surface area (Å²) < 4.78 is 1.03. The number of carbonyl (C=O) groups is 2. The van der Waals surface area contributed by atoms with E-state index in [9.17, 15) is 14.7 Å². The van der Waals surface area contributed by atoms with Gasteiger partial charge in [0.15, 0.2) is 0 Å². The molecule has 0 aliphatic carbocycles. The van der Waals surface area contributed by atoms with E-state index in [0.29, 0.717) is 12.0 Å². The molecule has 1 heterocycles. The first kappa shape index (κ1) is 14.5. The summed E-state index contributed by atoms with van der Waals surface area (Å²) in [4.78, 5) is 23.6. The van der Waals surface area contributed by atoms with E-state index in [-0.39, 0.29) is 5.91 Å². The lowest BCUT2D eigenvalue weighted by molar-refractivity contribution is -0.143. The molecular formula is C15H17NO3S. The molecule has 0 spiro atoms. The first-order chi connectivity index (χ1) is 9.37. The van der Waals surface area contributed by atoms with E-state index in [1.165, 1.54) is 18.3 Å². The fourth-order valence-electron chi connectivity index (χ4n) is 1.92. The maximum absolute atomic E-state index is 12.3. The van der Waals surface area contributed by atoms with Crippen LogP contribution in [-0.4, -0.2) is 22.5 Å². The second-order valence-electron chi connectivity index (χ2n) is 5.09. The minimum absolute atomic E-state index is 0.329. The summed E-state index contributed by atoms with van der Waals surface area (Å²) >= 11 is 1.49. The smallest absolute Gasteiger partial charge is 0.329 e. The van der Waals surface area contributed by atoms with Crippen molar-refractivity contribution in [3.05, 3.63) is 34.7 Å². The van der Waals surface area contributed by atoms with Gasteiger partial charge in [-0.05, 0) is 31.9 Å². The molecule has 4 nitrogen and oxygen atoms in total. The molecule has 0 aliphatic rings. The zero-order valence-electron chi connectivity index (χ0n) is 11.7. The summed E-state index contributed by atoms with van der Waals surface area (Å²) in [7, 11) is 0. The van der Waals surface area contributed by atoms with Crippen molar-refractivity contribution in [1.29, 1.82) is 0 Å². The molecule has 0 saturated heterocycles. The molecule has 1 atom stereocenters. The van der Waals surface area contributed by atoms with E-state index >= 15 is 0 Å². The fraction of sp³-hybridized carbons (Fsp3) is 0.333. The molecule has 0 radical (unpaired) electrons. The SMILES string of the molecule is CCC(C)(NC(=O)c1csc2cc(C)ccc12)C(=O)O. The van der Waals surface area contributed by atoms with Crippen molar-refractivity contribution in [2.75, 3.05) is 0 Å². The van der Waals surface area contributed by atoms with Crippen molar-refractivity contribution in [3.63, 3.8) is 0 Å². The zero-order valence-corrected chi connectivity index (χ0v) is 12.5. The van der Waals surface area contributed by atoms with E-state index in [4.69, 9.17) is 0 Å². The molecule has 1 aromatic carbocycles. The van der Waals surface area contributed by atoms with Crippen LogP contribution in [0.3, 0.4) is 0 Å². The summed E-state index contributed by atoms with van der Waals surface area (Å²) in [6, 6.07) is 5.87. The number of benzene rings is 1. The molecule has 2 rings (SSSR count). The van der Waals surface area contributed by atoms with Crippen molar-refractivity contribution >= 4 is 33.3 Å². The minimum atomic E-state index is -1.24. The van der Waals surface area contributed by atoms with Crippen molar-refractivity contribution in [3.8, 4) is 0 Å². The summed E-state index contributed by atoms with van der Waals surface area (Å²) in [6.45, 7) is 5.26. The number of nitrogens with one attached hydrogen (secondary N) is 1. The topological polar surface area (TPSA) is 66.4 Å². The number of aliphatic carboxylic acids is 1. The third kappa shape index (κ3) is 2.54. The lowest BCUT2D eigenvalue weighted by Crippen LogP contribution is -2.51. The highest BCUT2D eigenvalue weighted by molar-refractivity contribution is 7.17. The number of thiophene rings is 1. The summed E-state index contributed by atoms with van der Waals surface area (Å²) in [5.41, 5.74) is 0.428. The van der Waals surface area contributed by atoms with Crippen LogP contribution in [-0.2, 0) is 4.79 Å². The van der Waals surface area contributed by atoms with Gasteiger partial charge < -0.3 is 10.4 Å². The summed E-state index contributed by atoms with van der Waals surface area (Å²) in [5, 5.41) is 14.5. The van der Waals surface area contributed by atoms with Crippen LogP contribution in [0.2, 0.25) is 0 Å². The van der Waals surface area contributed by atoms with Gasteiger partial charge in [-0.2, -0.15) is 0 Å². The van der Waals surface area contributed by atoms with Crippen LogP contribution < -0.4 is 5.32 Å². The highest BCUT2D eigenvalue weighted by Gasteiger charge is 2.33. The highest BCUT2D eigenvalue weighted by Crippen LogP contribution is 2.27. The van der Waals surface area contributed by atoms with Crippen LogP contribution in [0.15, 0.2) is 23.6 Å². The minimum Gasteiger partial charge on any atom is -0.480 e. The Morgan fingerprint density at radius 2 is 2.10 bits per heavy atom. The molecule has 5 heteroatoms. The van der Waals surface area contributed by atoms with Gasteiger partial charge >= 0.3 is 5.97 Å². The number of carboxylic acid groups (broad SMARTS) is 1. The second-order valence-corrected chi connectivity index (χ2v) is 6.01. The van der Waals surface area contributed by atoms with Gasteiger partial charge in [0.2, 0.25) is 0 Å². The average molecular weight is 291 g/mol. The van der Waals surface area contributed by atoms with Crippen molar-refractivity contribution < 1.29 is 14.7 Å². The van der Waals surface area contributed by atoms with Crippen molar-refractivity contribution in [2.45, 2.75) is 32.7 Å². The number of hydrogen-bond acceptors (Lipinski definition) is 3. The molecular weight excluding hydrogens is 274 g/mol. The molecule has 0 bridgehead atoms. The maximum Gasteiger partial charge on any atom is 0.329 e. The molecule has 106 valence electrons. The van der Waals surface area contributed by atoms with Crippen LogP contribution in [0.1, 0.15) is 36.2 Å². The van der Waals surface area contributed by atoms with Crippen LogP contribution in [0.25, 0.3) is 10.1 Å². The molecule has 1 aromatic heterocycles. The van der Waals surface area contributed by atoms with Crippen LogP contribution in [0.5, 0.6) is 0 Å². The Morgan fingerprint density at radius 1 is 1.40 bits per heavy atom. The molecule has 0 saturated carbocycles. The van der Waals surface area contributed by atoms with Gasteiger partial charge in [-0.15, -0.1) is 11.3 Å².